The van der Waals surface area contributed by atoms with Crippen molar-refractivity contribution < 1.29 is 19.4 Å². The smallest absolute Gasteiger partial charge is 0.258 e. The second-order valence-corrected chi connectivity index (χ2v) is 5.20. The van der Waals surface area contributed by atoms with Gasteiger partial charge in [-0.3, -0.25) is 4.79 Å². The van der Waals surface area contributed by atoms with Gasteiger partial charge in [-0.05, 0) is 29.5 Å². The first-order chi connectivity index (χ1) is 9.35. The minimum absolute atomic E-state index is 0.102. The maximum absolute atomic E-state index is 11.3. The van der Waals surface area contributed by atoms with E-state index in [2.05, 4.69) is 26.1 Å². The molecule has 0 bridgehead atoms. The lowest BCUT2D eigenvalue weighted by Crippen LogP contribution is -2.39. The number of nitrogens with one attached hydrogen (secondary N) is 1. The van der Waals surface area contributed by atoms with Crippen molar-refractivity contribution in [1.29, 1.82) is 0 Å². The number of hydrogen-bond acceptors (Lipinski definition) is 4. The molecular weight excluding hydrogens is 258 g/mol. The molecule has 1 aromatic rings. The minimum Gasteiger partial charge on any atom is -0.548 e. The summed E-state index contributed by atoms with van der Waals surface area (Å²) in [6, 6.07) is 7.55. The Morgan fingerprint density at radius 3 is 2.35 bits per heavy atom. The van der Waals surface area contributed by atoms with Crippen LogP contribution in [0.2, 0.25) is 0 Å². The first-order valence-corrected chi connectivity index (χ1v) is 6.55. The first-order valence-electron chi connectivity index (χ1n) is 6.55. The number of benzene rings is 1. The van der Waals surface area contributed by atoms with E-state index in [1.165, 1.54) is 5.56 Å². The van der Waals surface area contributed by atoms with Crippen LogP contribution in [0.4, 0.5) is 0 Å². The van der Waals surface area contributed by atoms with Crippen LogP contribution < -0.4 is 15.2 Å². The quantitative estimate of drug-likeness (QED) is 0.793. The number of carbonyl (C=O) groups excluding carboxylic acids is 2. The molecule has 0 saturated heterocycles. The summed E-state index contributed by atoms with van der Waals surface area (Å²) >= 11 is 0. The summed E-state index contributed by atoms with van der Waals surface area (Å²) in [6.45, 7) is 5.73. The number of ether oxygens (including phenoxy) is 1. The SMILES string of the molecule is CCC(C)(C)c1ccc(OCC(=O)NCC(=O)[O-])cc1. The molecule has 0 radical (unpaired) electrons. The summed E-state index contributed by atoms with van der Waals surface area (Å²) in [6.07, 6.45) is 1.03. The highest BCUT2D eigenvalue weighted by molar-refractivity contribution is 5.81. The van der Waals surface area contributed by atoms with Gasteiger partial charge in [0.15, 0.2) is 6.61 Å². The monoisotopic (exact) mass is 278 g/mol. The van der Waals surface area contributed by atoms with Gasteiger partial charge in [0.2, 0.25) is 0 Å². The molecule has 5 heteroatoms. The lowest BCUT2D eigenvalue weighted by atomic mass is 9.82. The van der Waals surface area contributed by atoms with Crippen LogP contribution in [-0.2, 0) is 15.0 Å². The van der Waals surface area contributed by atoms with E-state index in [1.807, 2.05) is 12.1 Å². The fourth-order valence-corrected chi connectivity index (χ4v) is 1.58. The Morgan fingerprint density at radius 1 is 1.25 bits per heavy atom. The first kappa shape index (κ1) is 16.0. The van der Waals surface area contributed by atoms with E-state index >= 15 is 0 Å². The van der Waals surface area contributed by atoms with Crippen LogP contribution in [0, 0.1) is 0 Å². The Balaban J connectivity index is 2.50. The number of rotatable bonds is 7. The second kappa shape index (κ2) is 6.93. The van der Waals surface area contributed by atoms with Crippen molar-refractivity contribution in [2.45, 2.75) is 32.6 Å². The minimum atomic E-state index is -1.33. The molecule has 0 unspecified atom stereocenters. The maximum atomic E-state index is 11.3. The lowest BCUT2D eigenvalue weighted by Gasteiger charge is -2.23. The third-order valence-electron chi connectivity index (χ3n) is 3.32. The van der Waals surface area contributed by atoms with Gasteiger partial charge in [0, 0.05) is 0 Å². The van der Waals surface area contributed by atoms with Gasteiger partial charge in [-0.1, -0.05) is 32.9 Å². The summed E-state index contributed by atoms with van der Waals surface area (Å²) in [4.78, 5) is 21.4. The van der Waals surface area contributed by atoms with Crippen LogP contribution in [-0.4, -0.2) is 25.0 Å². The molecule has 0 aliphatic rings. The van der Waals surface area contributed by atoms with Crippen LogP contribution in [0.25, 0.3) is 0 Å². The van der Waals surface area contributed by atoms with Crippen molar-refractivity contribution in [3.8, 4) is 5.75 Å². The maximum Gasteiger partial charge on any atom is 0.258 e. The normalized spacial score (nSPS) is 10.9. The van der Waals surface area contributed by atoms with Crippen LogP contribution in [0.15, 0.2) is 24.3 Å². The molecule has 110 valence electrons. The Labute approximate surface area is 118 Å². The molecule has 1 N–H and O–H groups in total. The molecule has 0 aliphatic carbocycles. The van der Waals surface area contributed by atoms with Crippen molar-refractivity contribution >= 4 is 11.9 Å². The van der Waals surface area contributed by atoms with Gasteiger partial charge >= 0.3 is 0 Å². The summed E-state index contributed by atoms with van der Waals surface area (Å²) in [7, 11) is 0. The number of carboxylic acid groups (broad SMARTS) is 1. The molecule has 0 aromatic heterocycles. The lowest BCUT2D eigenvalue weighted by molar-refractivity contribution is -0.304. The van der Waals surface area contributed by atoms with E-state index in [0.29, 0.717) is 5.75 Å². The van der Waals surface area contributed by atoms with E-state index in [0.717, 1.165) is 6.42 Å². The third kappa shape index (κ3) is 4.91. The highest BCUT2D eigenvalue weighted by Crippen LogP contribution is 2.27. The van der Waals surface area contributed by atoms with E-state index in [9.17, 15) is 14.7 Å². The molecule has 1 aromatic carbocycles. The number of carbonyl (C=O) groups is 2. The Hall–Kier alpha value is -2.04. The average Bonchev–Trinajstić information content (AvgIpc) is 2.43. The van der Waals surface area contributed by atoms with Crippen LogP contribution >= 0.6 is 0 Å². The van der Waals surface area contributed by atoms with Crippen LogP contribution in [0.3, 0.4) is 0 Å². The zero-order chi connectivity index (χ0) is 15.2. The predicted molar refractivity (Wildman–Crippen MR) is 73.3 cm³/mol. The highest BCUT2D eigenvalue weighted by atomic mass is 16.5. The van der Waals surface area contributed by atoms with Crippen molar-refractivity contribution in [1.82, 2.24) is 5.32 Å². The van der Waals surface area contributed by atoms with Gasteiger partial charge < -0.3 is 20.0 Å². The standard InChI is InChI=1S/C15H21NO4/c1-4-15(2,3)11-5-7-12(8-6-11)20-10-13(17)16-9-14(18)19/h5-8H,4,9-10H2,1-3H3,(H,16,17)(H,18,19)/p-1. The molecular formula is C15H20NO4-. The van der Waals surface area contributed by atoms with Gasteiger partial charge in [0.05, 0.1) is 12.5 Å². The van der Waals surface area contributed by atoms with E-state index < -0.39 is 18.4 Å². The molecule has 1 rings (SSSR count). The van der Waals surface area contributed by atoms with E-state index in [1.54, 1.807) is 12.1 Å². The second-order valence-electron chi connectivity index (χ2n) is 5.20. The summed E-state index contributed by atoms with van der Waals surface area (Å²) < 4.78 is 5.28. The number of amides is 1. The third-order valence-corrected chi connectivity index (χ3v) is 3.32. The van der Waals surface area contributed by atoms with Gasteiger partial charge in [0.25, 0.3) is 5.91 Å². The summed E-state index contributed by atoms with van der Waals surface area (Å²) in [5, 5.41) is 12.3. The topological polar surface area (TPSA) is 78.5 Å². The molecule has 0 saturated carbocycles. The molecule has 5 nitrogen and oxygen atoms in total. The van der Waals surface area contributed by atoms with Gasteiger partial charge in [-0.25, -0.2) is 0 Å². The van der Waals surface area contributed by atoms with Crippen molar-refractivity contribution in [2.75, 3.05) is 13.2 Å². The molecule has 20 heavy (non-hydrogen) atoms. The summed E-state index contributed by atoms with van der Waals surface area (Å²) in [5.74, 6) is -1.25. The van der Waals surface area contributed by atoms with Gasteiger partial charge in [0.1, 0.15) is 5.75 Å². The van der Waals surface area contributed by atoms with Crippen LogP contribution in [0.1, 0.15) is 32.8 Å². The predicted octanol–water partition coefficient (Wildman–Crippen LogP) is 0.619. The number of carboxylic acids is 1. The number of hydrogen-bond donors (Lipinski definition) is 1. The van der Waals surface area contributed by atoms with Gasteiger partial charge in [-0.15, -0.1) is 0 Å². The Bertz CT molecular complexity index is 465. The van der Waals surface area contributed by atoms with Gasteiger partial charge in [-0.2, -0.15) is 0 Å². The average molecular weight is 278 g/mol. The van der Waals surface area contributed by atoms with E-state index in [4.69, 9.17) is 4.74 Å². The Morgan fingerprint density at radius 2 is 1.85 bits per heavy atom. The van der Waals surface area contributed by atoms with E-state index in [-0.39, 0.29) is 12.0 Å². The molecule has 0 spiro atoms. The molecule has 0 aliphatic heterocycles. The molecule has 0 atom stereocenters. The number of aliphatic carboxylic acids is 1. The van der Waals surface area contributed by atoms with Crippen molar-refractivity contribution in [3.05, 3.63) is 29.8 Å². The largest absolute Gasteiger partial charge is 0.548 e. The highest BCUT2D eigenvalue weighted by Gasteiger charge is 2.17. The van der Waals surface area contributed by atoms with Crippen molar-refractivity contribution in [3.63, 3.8) is 0 Å². The van der Waals surface area contributed by atoms with Crippen molar-refractivity contribution in [2.24, 2.45) is 0 Å². The molecule has 1 amide bonds. The van der Waals surface area contributed by atoms with Crippen LogP contribution in [0.5, 0.6) is 5.75 Å². The zero-order valence-corrected chi connectivity index (χ0v) is 12.1. The Kier molecular flexibility index (Phi) is 5.55. The molecule has 0 heterocycles. The zero-order valence-electron chi connectivity index (χ0n) is 12.1. The molecule has 0 fully saturated rings. The fraction of sp³-hybridized carbons (Fsp3) is 0.467. The fourth-order valence-electron chi connectivity index (χ4n) is 1.58. The summed E-state index contributed by atoms with van der Waals surface area (Å²) in [5.41, 5.74) is 1.30.